The van der Waals surface area contributed by atoms with E-state index >= 15 is 0 Å². The van der Waals surface area contributed by atoms with Crippen LogP contribution in [-0.2, 0) is 12.8 Å². The molecule has 1 atom stereocenters. The van der Waals surface area contributed by atoms with E-state index in [1.165, 1.54) is 29.5 Å². The molecule has 0 fully saturated rings. The highest BCUT2D eigenvalue weighted by Crippen LogP contribution is 2.26. The monoisotopic (exact) mass is 462 g/mol. The van der Waals surface area contributed by atoms with Gasteiger partial charge in [-0.1, -0.05) is 99.2 Å². The van der Waals surface area contributed by atoms with Crippen LogP contribution in [0.25, 0.3) is 0 Å². The molecule has 2 aromatic rings. The van der Waals surface area contributed by atoms with Gasteiger partial charge in [0.1, 0.15) is 11.5 Å². The number of hydrogen-bond donors (Lipinski definition) is 0. The molecule has 0 N–H and O–H groups in total. The molecule has 0 amide bonds. The lowest BCUT2D eigenvalue weighted by Crippen LogP contribution is -2.05. The SMILES string of the molecule is C=CC(=C)C.C=CCc1ccccc1OC.CC/C=C(/C)CC(CC)Cc1ccccc1OC. The molecular weight excluding hydrogens is 416 g/mol. The number of methoxy groups -OCH3 is 2. The average molecular weight is 463 g/mol. The Bertz CT molecular complexity index is 876. The molecule has 34 heavy (non-hydrogen) atoms. The summed E-state index contributed by atoms with van der Waals surface area (Å²) in [6, 6.07) is 16.3. The molecule has 0 aliphatic rings. The van der Waals surface area contributed by atoms with Crippen LogP contribution in [0, 0.1) is 5.92 Å². The number of allylic oxidation sites excluding steroid dienone is 5. The molecular formula is C32H46O2. The number of hydrogen-bond acceptors (Lipinski definition) is 2. The van der Waals surface area contributed by atoms with Crippen LogP contribution in [0.2, 0.25) is 0 Å². The summed E-state index contributed by atoms with van der Waals surface area (Å²) in [6.45, 7) is 19.3. The van der Waals surface area contributed by atoms with Crippen molar-refractivity contribution >= 4 is 0 Å². The van der Waals surface area contributed by atoms with Gasteiger partial charge >= 0.3 is 0 Å². The van der Waals surface area contributed by atoms with E-state index in [0.717, 1.165) is 36.3 Å². The predicted molar refractivity (Wildman–Crippen MR) is 151 cm³/mol. The Morgan fingerprint density at radius 2 is 1.38 bits per heavy atom. The number of ether oxygens (including phenoxy) is 2. The van der Waals surface area contributed by atoms with Crippen molar-refractivity contribution in [2.45, 2.75) is 59.8 Å². The summed E-state index contributed by atoms with van der Waals surface area (Å²) >= 11 is 0. The third kappa shape index (κ3) is 13.5. The molecule has 0 bridgehead atoms. The zero-order valence-electron chi connectivity index (χ0n) is 22.4. The quantitative estimate of drug-likeness (QED) is 0.245. The molecule has 2 aromatic carbocycles. The fraction of sp³-hybridized carbons (Fsp3) is 0.375. The summed E-state index contributed by atoms with van der Waals surface area (Å²) < 4.78 is 10.6. The van der Waals surface area contributed by atoms with Crippen LogP contribution in [0.15, 0.2) is 97.6 Å². The van der Waals surface area contributed by atoms with Crippen LogP contribution >= 0.6 is 0 Å². The van der Waals surface area contributed by atoms with Crippen LogP contribution < -0.4 is 9.47 Å². The molecule has 0 heterocycles. The first-order chi connectivity index (χ1) is 16.4. The van der Waals surface area contributed by atoms with Crippen LogP contribution in [-0.4, -0.2) is 14.2 Å². The highest BCUT2D eigenvalue weighted by molar-refractivity contribution is 5.34. The topological polar surface area (TPSA) is 18.5 Å². The first-order valence-electron chi connectivity index (χ1n) is 12.1. The molecule has 0 saturated carbocycles. The van der Waals surface area contributed by atoms with E-state index in [-0.39, 0.29) is 0 Å². The van der Waals surface area contributed by atoms with Crippen LogP contribution in [0.1, 0.15) is 58.1 Å². The lowest BCUT2D eigenvalue weighted by molar-refractivity contribution is 0.402. The van der Waals surface area contributed by atoms with Crippen LogP contribution in [0.4, 0.5) is 0 Å². The van der Waals surface area contributed by atoms with E-state index < -0.39 is 0 Å². The fourth-order valence-electron chi connectivity index (χ4n) is 3.46. The van der Waals surface area contributed by atoms with E-state index in [9.17, 15) is 0 Å². The van der Waals surface area contributed by atoms with Gasteiger partial charge in [0.15, 0.2) is 0 Å². The van der Waals surface area contributed by atoms with E-state index in [2.05, 4.69) is 64.8 Å². The van der Waals surface area contributed by atoms with Gasteiger partial charge in [0, 0.05) is 0 Å². The van der Waals surface area contributed by atoms with Crippen molar-refractivity contribution in [2.75, 3.05) is 14.2 Å². The van der Waals surface area contributed by atoms with Crippen LogP contribution in [0.3, 0.4) is 0 Å². The largest absolute Gasteiger partial charge is 0.496 e. The van der Waals surface area contributed by atoms with E-state index in [1.54, 1.807) is 20.3 Å². The first-order valence-corrected chi connectivity index (χ1v) is 12.1. The minimum Gasteiger partial charge on any atom is -0.496 e. The van der Waals surface area contributed by atoms with Gasteiger partial charge in [-0.2, -0.15) is 0 Å². The molecule has 1 unspecified atom stereocenters. The molecule has 0 saturated heterocycles. The lowest BCUT2D eigenvalue weighted by atomic mass is 9.90. The highest BCUT2D eigenvalue weighted by atomic mass is 16.5. The molecule has 0 spiro atoms. The molecule has 0 radical (unpaired) electrons. The van der Waals surface area contributed by atoms with E-state index in [0.29, 0.717) is 5.92 Å². The number of para-hydroxylation sites is 2. The lowest BCUT2D eigenvalue weighted by Gasteiger charge is -2.17. The smallest absolute Gasteiger partial charge is 0.122 e. The maximum absolute atomic E-state index is 5.43. The van der Waals surface area contributed by atoms with Gasteiger partial charge in [0.2, 0.25) is 0 Å². The Kier molecular flexibility index (Phi) is 17.7. The summed E-state index contributed by atoms with van der Waals surface area (Å²) in [5.74, 6) is 2.67. The fourth-order valence-corrected chi connectivity index (χ4v) is 3.46. The zero-order valence-corrected chi connectivity index (χ0v) is 22.4. The van der Waals surface area contributed by atoms with Crippen molar-refractivity contribution in [3.8, 4) is 11.5 Å². The molecule has 2 heteroatoms. The maximum atomic E-state index is 5.43. The Labute approximate surface area is 209 Å². The summed E-state index contributed by atoms with van der Waals surface area (Å²) in [5.41, 5.74) is 5.05. The van der Waals surface area contributed by atoms with Gasteiger partial charge in [-0.25, -0.2) is 0 Å². The second kappa shape index (κ2) is 19.5. The van der Waals surface area contributed by atoms with E-state index in [1.807, 2.05) is 43.3 Å². The van der Waals surface area contributed by atoms with Crippen molar-refractivity contribution in [3.63, 3.8) is 0 Å². The Morgan fingerprint density at radius 1 is 0.882 bits per heavy atom. The molecule has 0 aromatic heterocycles. The van der Waals surface area contributed by atoms with Crippen molar-refractivity contribution < 1.29 is 9.47 Å². The molecule has 0 aliphatic heterocycles. The number of benzene rings is 2. The second-order valence-electron chi connectivity index (χ2n) is 8.31. The highest BCUT2D eigenvalue weighted by Gasteiger charge is 2.11. The third-order valence-electron chi connectivity index (χ3n) is 5.35. The predicted octanol–water partition coefficient (Wildman–Crippen LogP) is 9.18. The second-order valence-corrected chi connectivity index (χ2v) is 8.31. The number of rotatable bonds is 11. The summed E-state index contributed by atoms with van der Waals surface area (Å²) in [4.78, 5) is 0. The zero-order chi connectivity index (χ0) is 25.8. The normalized spacial score (nSPS) is 11.1. The van der Waals surface area contributed by atoms with Gasteiger partial charge in [-0.15, -0.1) is 6.58 Å². The Balaban J connectivity index is 0.000000575. The van der Waals surface area contributed by atoms with Gasteiger partial charge < -0.3 is 9.47 Å². The van der Waals surface area contributed by atoms with Gasteiger partial charge in [0.05, 0.1) is 14.2 Å². The van der Waals surface area contributed by atoms with Crippen molar-refractivity contribution in [1.29, 1.82) is 0 Å². The average Bonchev–Trinajstić information content (AvgIpc) is 2.85. The maximum Gasteiger partial charge on any atom is 0.122 e. The van der Waals surface area contributed by atoms with Crippen molar-refractivity contribution in [1.82, 2.24) is 0 Å². The van der Waals surface area contributed by atoms with Crippen molar-refractivity contribution in [2.24, 2.45) is 5.92 Å². The summed E-state index contributed by atoms with van der Waals surface area (Å²) in [7, 11) is 3.43. The Morgan fingerprint density at radius 3 is 1.82 bits per heavy atom. The minimum absolute atomic E-state index is 0.712. The van der Waals surface area contributed by atoms with Crippen molar-refractivity contribution in [3.05, 3.63) is 109 Å². The molecule has 0 aliphatic carbocycles. The van der Waals surface area contributed by atoms with Gasteiger partial charge in [0.25, 0.3) is 0 Å². The standard InChI is InChI=1S/C17H26O.C10H12O.C5H8/c1-5-9-14(3)12-15(6-2)13-16-10-7-8-11-17(16)18-4;1-3-6-9-7-4-5-8-10(9)11-2;1-4-5(2)3/h7-11,15H,5-6,12-13H2,1-4H3;3-5,7-8H,1,6H2,2H3;4H,1-2H2,3H3/b14-9-;;. The Hall–Kier alpha value is -3.00. The molecule has 186 valence electrons. The molecule has 2 rings (SSSR count). The first kappa shape index (κ1) is 31.0. The minimum atomic E-state index is 0.712. The molecule has 2 nitrogen and oxygen atoms in total. The summed E-state index contributed by atoms with van der Waals surface area (Å²) in [6.07, 6.45) is 11.5. The van der Waals surface area contributed by atoms with Gasteiger partial charge in [-0.3, -0.25) is 0 Å². The third-order valence-corrected chi connectivity index (χ3v) is 5.35. The summed E-state index contributed by atoms with van der Waals surface area (Å²) in [5, 5.41) is 0. The van der Waals surface area contributed by atoms with Crippen LogP contribution in [0.5, 0.6) is 11.5 Å². The van der Waals surface area contributed by atoms with E-state index in [4.69, 9.17) is 9.47 Å². The van der Waals surface area contributed by atoms with Gasteiger partial charge in [-0.05, 0) is 68.7 Å².